The molecule has 0 fully saturated rings. The van der Waals surface area contributed by atoms with Gasteiger partial charge in [-0.15, -0.1) is 11.3 Å². The van der Waals surface area contributed by atoms with E-state index in [1.54, 1.807) is 10.5 Å². The molecule has 2 aromatic heterocycles. The lowest BCUT2D eigenvalue weighted by atomic mass is 10.00. The van der Waals surface area contributed by atoms with Gasteiger partial charge in [0.2, 0.25) is 0 Å². The van der Waals surface area contributed by atoms with E-state index in [9.17, 15) is 4.79 Å². The second-order valence-corrected chi connectivity index (χ2v) is 7.76. The molecule has 0 amide bonds. The van der Waals surface area contributed by atoms with Crippen LogP contribution in [0.15, 0.2) is 70.8 Å². The molecule has 0 atom stereocenters. The Balaban J connectivity index is 1.45. The van der Waals surface area contributed by atoms with Crippen molar-refractivity contribution in [2.24, 2.45) is 0 Å². The summed E-state index contributed by atoms with van der Waals surface area (Å²) in [6, 6.07) is 20.3. The van der Waals surface area contributed by atoms with Gasteiger partial charge in [0, 0.05) is 31.1 Å². The fourth-order valence-electron chi connectivity index (χ4n) is 3.77. The van der Waals surface area contributed by atoms with Crippen molar-refractivity contribution in [1.29, 1.82) is 0 Å². The molecule has 0 spiro atoms. The molecular formula is C22H19N3OS. The molecule has 4 aromatic rings. The predicted octanol–water partition coefficient (Wildman–Crippen LogP) is 3.98. The molecule has 0 unspecified atom stereocenters. The Morgan fingerprint density at radius 1 is 1.00 bits per heavy atom. The van der Waals surface area contributed by atoms with Crippen molar-refractivity contribution in [1.82, 2.24) is 14.3 Å². The lowest BCUT2D eigenvalue weighted by Gasteiger charge is -2.28. The molecule has 134 valence electrons. The van der Waals surface area contributed by atoms with Crippen LogP contribution in [0.3, 0.4) is 0 Å². The standard InChI is InChI=1S/C22H19N3OS/c26-21-12-19(14-24-11-10-16-6-4-5-9-18(16)13-24)23-22-25(21)20(15-27-22)17-7-2-1-3-8-17/h1-9,12,15H,10-11,13-14H2. The van der Waals surface area contributed by atoms with Crippen LogP contribution in [0.1, 0.15) is 16.8 Å². The topological polar surface area (TPSA) is 37.6 Å². The molecule has 0 aliphatic carbocycles. The Morgan fingerprint density at radius 3 is 2.63 bits per heavy atom. The number of rotatable bonds is 3. The molecule has 27 heavy (non-hydrogen) atoms. The molecule has 5 heteroatoms. The Bertz CT molecular complexity index is 1160. The van der Waals surface area contributed by atoms with Gasteiger partial charge in [-0.2, -0.15) is 0 Å². The summed E-state index contributed by atoms with van der Waals surface area (Å²) >= 11 is 1.52. The smallest absolute Gasteiger partial charge is 0.259 e. The van der Waals surface area contributed by atoms with Crippen LogP contribution >= 0.6 is 11.3 Å². The Morgan fingerprint density at radius 2 is 1.78 bits per heavy atom. The van der Waals surface area contributed by atoms with Crippen LogP contribution in [0, 0.1) is 0 Å². The quantitative estimate of drug-likeness (QED) is 0.545. The van der Waals surface area contributed by atoms with E-state index in [4.69, 9.17) is 4.98 Å². The fourth-order valence-corrected chi connectivity index (χ4v) is 4.70. The Kier molecular flexibility index (Phi) is 4.11. The van der Waals surface area contributed by atoms with E-state index in [2.05, 4.69) is 29.2 Å². The number of hydrogen-bond acceptors (Lipinski definition) is 4. The van der Waals surface area contributed by atoms with E-state index in [1.165, 1.54) is 22.5 Å². The highest BCUT2D eigenvalue weighted by Crippen LogP contribution is 2.24. The van der Waals surface area contributed by atoms with Gasteiger partial charge < -0.3 is 0 Å². The Hall–Kier alpha value is -2.76. The minimum atomic E-state index is -0.00693. The van der Waals surface area contributed by atoms with Crippen LogP contribution in [0.2, 0.25) is 0 Å². The average molecular weight is 373 g/mol. The fraction of sp³-hybridized carbons (Fsp3) is 0.182. The first kappa shape index (κ1) is 16.4. The molecule has 5 rings (SSSR count). The van der Waals surface area contributed by atoms with Crippen molar-refractivity contribution in [3.8, 4) is 11.3 Å². The van der Waals surface area contributed by atoms with Gasteiger partial charge in [0.05, 0.1) is 11.4 Å². The van der Waals surface area contributed by atoms with Crippen LogP contribution in [0.5, 0.6) is 0 Å². The predicted molar refractivity (Wildman–Crippen MR) is 109 cm³/mol. The zero-order valence-corrected chi connectivity index (χ0v) is 15.7. The van der Waals surface area contributed by atoms with Gasteiger partial charge in [-0.3, -0.25) is 14.1 Å². The highest BCUT2D eigenvalue weighted by Gasteiger charge is 2.17. The van der Waals surface area contributed by atoms with Crippen molar-refractivity contribution in [2.75, 3.05) is 6.54 Å². The third kappa shape index (κ3) is 3.09. The van der Waals surface area contributed by atoms with Crippen LogP contribution < -0.4 is 5.56 Å². The molecular weight excluding hydrogens is 354 g/mol. The highest BCUT2D eigenvalue weighted by molar-refractivity contribution is 7.15. The van der Waals surface area contributed by atoms with E-state index < -0.39 is 0 Å². The molecule has 3 heterocycles. The van der Waals surface area contributed by atoms with E-state index in [1.807, 2.05) is 35.7 Å². The van der Waals surface area contributed by atoms with Gasteiger partial charge in [0.25, 0.3) is 5.56 Å². The van der Waals surface area contributed by atoms with Crippen molar-refractivity contribution >= 4 is 16.3 Å². The monoisotopic (exact) mass is 373 g/mol. The van der Waals surface area contributed by atoms with Crippen molar-refractivity contribution < 1.29 is 0 Å². The van der Waals surface area contributed by atoms with Gasteiger partial charge in [0.1, 0.15) is 0 Å². The molecule has 1 aliphatic heterocycles. The van der Waals surface area contributed by atoms with Crippen molar-refractivity contribution in [3.05, 3.63) is 93.2 Å². The van der Waals surface area contributed by atoms with Gasteiger partial charge in [-0.1, -0.05) is 54.6 Å². The van der Waals surface area contributed by atoms with E-state index >= 15 is 0 Å². The van der Waals surface area contributed by atoms with Gasteiger partial charge >= 0.3 is 0 Å². The van der Waals surface area contributed by atoms with Gasteiger partial charge in [-0.25, -0.2) is 4.98 Å². The van der Waals surface area contributed by atoms with Crippen LogP contribution in [0.25, 0.3) is 16.2 Å². The zero-order valence-electron chi connectivity index (χ0n) is 14.8. The lowest BCUT2D eigenvalue weighted by molar-refractivity contribution is 0.243. The maximum atomic E-state index is 12.8. The minimum absolute atomic E-state index is 0.00693. The normalized spacial score (nSPS) is 14.4. The first-order chi connectivity index (χ1) is 13.3. The second-order valence-electron chi connectivity index (χ2n) is 6.92. The molecule has 0 bridgehead atoms. The summed E-state index contributed by atoms with van der Waals surface area (Å²) in [7, 11) is 0. The number of aromatic nitrogens is 2. The summed E-state index contributed by atoms with van der Waals surface area (Å²) < 4.78 is 1.72. The van der Waals surface area contributed by atoms with E-state index in [0.29, 0.717) is 6.54 Å². The highest BCUT2D eigenvalue weighted by atomic mass is 32.1. The van der Waals surface area contributed by atoms with E-state index in [-0.39, 0.29) is 5.56 Å². The summed E-state index contributed by atoms with van der Waals surface area (Å²) in [5, 5.41) is 2.01. The molecule has 0 saturated heterocycles. The largest absolute Gasteiger partial charge is 0.293 e. The SMILES string of the molecule is O=c1cc(CN2CCc3ccccc3C2)nc2scc(-c3ccccc3)n12. The van der Waals surface area contributed by atoms with Crippen LogP contribution in [0.4, 0.5) is 0 Å². The van der Waals surface area contributed by atoms with Crippen LogP contribution in [-0.2, 0) is 19.5 Å². The minimum Gasteiger partial charge on any atom is -0.293 e. The molecule has 2 aromatic carbocycles. The molecule has 4 nitrogen and oxygen atoms in total. The maximum absolute atomic E-state index is 12.8. The van der Waals surface area contributed by atoms with Crippen LogP contribution in [-0.4, -0.2) is 20.8 Å². The number of nitrogens with zero attached hydrogens (tertiary/aromatic N) is 3. The number of hydrogen-bond donors (Lipinski definition) is 0. The van der Waals surface area contributed by atoms with Crippen molar-refractivity contribution in [3.63, 3.8) is 0 Å². The number of benzene rings is 2. The van der Waals surface area contributed by atoms with E-state index in [0.717, 1.165) is 41.4 Å². The molecule has 0 N–H and O–H groups in total. The molecule has 0 radical (unpaired) electrons. The first-order valence-corrected chi connectivity index (χ1v) is 10.0. The van der Waals surface area contributed by atoms with Gasteiger partial charge in [0.15, 0.2) is 4.96 Å². The first-order valence-electron chi connectivity index (χ1n) is 9.13. The Labute approximate surface area is 161 Å². The summed E-state index contributed by atoms with van der Waals surface area (Å²) in [6.45, 7) is 2.62. The summed E-state index contributed by atoms with van der Waals surface area (Å²) in [5.41, 5.74) is 5.60. The third-order valence-electron chi connectivity index (χ3n) is 5.12. The molecule has 1 aliphatic rings. The van der Waals surface area contributed by atoms with Crippen molar-refractivity contribution in [2.45, 2.75) is 19.5 Å². The summed E-state index contributed by atoms with van der Waals surface area (Å²) in [4.78, 5) is 20.7. The maximum Gasteiger partial charge on any atom is 0.259 e. The summed E-state index contributed by atoms with van der Waals surface area (Å²) in [6.07, 6.45) is 1.05. The number of thiazole rings is 1. The third-order valence-corrected chi connectivity index (χ3v) is 5.95. The molecule has 0 saturated carbocycles. The average Bonchev–Trinajstić information content (AvgIpc) is 3.13. The second kappa shape index (κ2) is 6.76. The number of fused-ring (bicyclic) bond motifs is 2. The lowest BCUT2D eigenvalue weighted by Crippen LogP contribution is -2.31. The van der Waals surface area contributed by atoms with Gasteiger partial charge in [-0.05, 0) is 23.1 Å². The summed E-state index contributed by atoms with van der Waals surface area (Å²) in [5.74, 6) is 0. The zero-order chi connectivity index (χ0) is 18.2.